The Balaban J connectivity index is 1.18. The molecule has 7 rings (SSSR count). The molecule has 2 aliphatic rings. The van der Waals surface area contributed by atoms with Crippen LogP contribution in [0.1, 0.15) is 59.4 Å². The van der Waals surface area contributed by atoms with E-state index in [9.17, 15) is 20.1 Å². The average Bonchev–Trinajstić information content (AvgIpc) is 3.66. The monoisotopic (exact) mass is 743 g/mol. The second-order valence-corrected chi connectivity index (χ2v) is 14.0. The molecule has 1 fully saturated rings. The highest BCUT2D eigenvalue weighted by Gasteiger charge is 2.40. The minimum Gasteiger partial charge on any atom is -0.508 e. The fourth-order valence-corrected chi connectivity index (χ4v) is 7.31. The van der Waals surface area contributed by atoms with Gasteiger partial charge in [0.1, 0.15) is 24.0 Å². The molecule has 4 aromatic carbocycles. The van der Waals surface area contributed by atoms with Crippen LogP contribution in [-0.2, 0) is 19.3 Å². The zero-order valence-electron chi connectivity index (χ0n) is 31.4. The van der Waals surface area contributed by atoms with Crippen LogP contribution in [0.3, 0.4) is 0 Å². The van der Waals surface area contributed by atoms with Crippen molar-refractivity contribution >= 4 is 17.7 Å². The van der Waals surface area contributed by atoms with Crippen LogP contribution in [0.15, 0.2) is 91.0 Å². The molecule has 1 aromatic heterocycles. The summed E-state index contributed by atoms with van der Waals surface area (Å²) in [7, 11) is 1.45. The Morgan fingerprint density at radius 3 is 2.51 bits per heavy atom. The zero-order valence-corrected chi connectivity index (χ0v) is 31.4. The summed E-state index contributed by atoms with van der Waals surface area (Å²) < 4.78 is 18.6. The molecule has 1 unspecified atom stereocenters. The summed E-state index contributed by atoms with van der Waals surface area (Å²) >= 11 is 0. The highest BCUT2D eigenvalue weighted by Crippen LogP contribution is 2.52. The number of ketones is 1. The normalized spacial score (nSPS) is 16.2. The van der Waals surface area contributed by atoms with Gasteiger partial charge in [-0.3, -0.25) is 4.79 Å². The number of ether oxygens (including phenoxy) is 3. The molecular formula is C45H49N3O7. The number of hydrogen-bond donors (Lipinski definition) is 4. The number of nitrogens with zero attached hydrogens (tertiary/aromatic N) is 2. The van der Waals surface area contributed by atoms with Gasteiger partial charge in [0.25, 0.3) is 0 Å². The molecule has 0 radical (unpaired) electrons. The number of piperazine rings is 1. The molecule has 0 amide bonds. The van der Waals surface area contributed by atoms with Gasteiger partial charge in [0.05, 0.1) is 19.8 Å². The number of carbonyl (C=O) groups excluding carboxylic acids is 1. The SMILES string of the molecule is CCc1cc(-c2cccc(CCc3c(O)c(OC)c(OCC[C@@H](O)/C=C/c4ccccc4)c4c3OC(c3ccc(O)cc3)CC4=[OH+])c2)c(N2CCNCC2)[n-]1. The van der Waals surface area contributed by atoms with E-state index >= 15 is 0 Å². The maximum atomic E-state index is 11.9. The van der Waals surface area contributed by atoms with Crippen molar-refractivity contribution in [1.82, 2.24) is 10.3 Å². The number of aliphatic hydroxyl groups excluding tert-OH is 1. The van der Waals surface area contributed by atoms with Gasteiger partial charge in [0.15, 0.2) is 17.1 Å². The van der Waals surface area contributed by atoms with Crippen molar-refractivity contribution in [2.45, 2.75) is 51.2 Å². The molecule has 0 saturated carbocycles. The number of phenols is 2. The van der Waals surface area contributed by atoms with E-state index in [-0.39, 0.29) is 48.2 Å². The van der Waals surface area contributed by atoms with Crippen molar-refractivity contribution in [2.75, 3.05) is 44.8 Å². The summed E-state index contributed by atoms with van der Waals surface area (Å²) in [5, 5.41) is 35.9. The van der Waals surface area contributed by atoms with Gasteiger partial charge in [-0.2, -0.15) is 0 Å². The van der Waals surface area contributed by atoms with Gasteiger partial charge in [0, 0.05) is 12.0 Å². The van der Waals surface area contributed by atoms with Gasteiger partial charge in [-0.25, -0.2) is 0 Å². The lowest BCUT2D eigenvalue weighted by Gasteiger charge is -2.37. The highest BCUT2D eigenvalue weighted by molar-refractivity contribution is 6.05. The second-order valence-electron chi connectivity index (χ2n) is 14.0. The van der Waals surface area contributed by atoms with Gasteiger partial charge < -0.3 is 44.7 Å². The Labute approximate surface area is 322 Å². The number of rotatable bonds is 14. The summed E-state index contributed by atoms with van der Waals surface area (Å²) in [4.78, 5) is 19.0. The van der Waals surface area contributed by atoms with Crippen LogP contribution >= 0.6 is 0 Å². The fourth-order valence-electron chi connectivity index (χ4n) is 7.31. The zero-order chi connectivity index (χ0) is 38.3. The average molecular weight is 744 g/mol. The van der Waals surface area contributed by atoms with E-state index in [0.717, 1.165) is 71.9 Å². The fraction of sp³-hybridized carbons (Fsp3) is 0.311. The molecule has 2 aliphatic heterocycles. The summed E-state index contributed by atoms with van der Waals surface area (Å²) in [5.41, 5.74) is 6.86. The van der Waals surface area contributed by atoms with Crippen LogP contribution in [0.4, 0.5) is 5.82 Å². The molecule has 286 valence electrons. The van der Waals surface area contributed by atoms with E-state index in [1.165, 1.54) is 7.11 Å². The first kappa shape index (κ1) is 37.6. The minimum atomic E-state index is -0.788. The molecule has 10 heteroatoms. The topological polar surface area (TPSA) is 139 Å². The summed E-state index contributed by atoms with van der Waals surface area (Å²) in [6.07, 6.45) is 4.36. The Bertz CT molecular complexity index is 2120. The quantitative estimate of drug-likeness (QED) is 0.0911. The van der Waals surface area contributed by atoms with E-state index in [2.05, 4.69) is 47.5 Å². The van der Waals surface area contributed by atoms with Crippen molar-refractivity contribution in [3.63, 3.8) is 0 Å². The number of anilines is 1. The van der Waals surface area contributed by atoms with Crippen LogP contribution < -0.4 is 29.4 Å². The standard InChI is InChI=1S/C45H48N3O7/c1-3-33-27-37(45(47-33)48-23-21-46-22-24-48)32-11-7-10-30(26-32)13-19-36-41(52)44(53-2)43(54-25-20-35(50)16-12-29-8-5-4-6-9-29)40-38(51)28-39(55-42(36)40)31-14-17-34(49)18-15-31/h4-12,14-18,26-27,35,39,46,49-50H,3,13,19-25,28H2,1-2H3,(H,51,52)/q-1/p+1/b16-12+/t35-,39?/m0/s1. The van der Waals surface area contributed by atoms with Gasteiger partial charge in [0.2, 0.25) is 5.75 Å². The lowest BCUT2D eigenvalue weighted by Crippen LogP contribution is -2.44. The predicted octanol–water partition coefficient (Wildman–Crippen LogP) is 6.75. The van der Waals surface area contributed by atoms with Crippen LogP contribution in [0.5, 0.6) is 28.7 Å². The first-order valence-electron chi connectivity index (χ1n) is 19.0. The van der Waals surface area contributed by atoms with Crippen molar-refractivity contribution < 1.29 is 34.3 Å². The Morgan fingerprint density at radius 1 is 0.982 bits per heavy atom. The number of aromatic nitrogens is 1. The van der Waals surface area contributed by atoms with Crippen molar-refractivity contribution in [1.29, 1.82) is 0 Å². The van der Waals surface area contributed by atoms with Crippen molar-refractivity contribution in [2.24, 2.45) is 0 Å². The molecule has 0 bridgehead atoms. The number of methoxy groups -OCH3 is 1. The van der Waals surface area contributed by atoms with Crippen molar-refractivity contribution in [3.05, 3.63) is 125 Å². The first-order chi connectivity index (χ1) is 26.8. The lowest BCUT2D eigenvalue weighted by atomic mass is 9.90. The molecular weight excluding hydrogens is 695 g/mol. The first-order valence-corrected chi connectivity index (χ1v) is 19.0. The van der Waals surface area contributed by atoms with E-state index in [1.54, 1.807) is 30.3 Å². The Morgan fingerprint density at radius 2 is 1.76 bits per heavy atom. The third kappa shape index (κ3) is 8.51. The molecule has 1 saturated heterocycles. The number of benzene rings is 4. The van der Waals surface area contributed by atoms with Crippen LogP contribution in [0, 0.1) is 0 Å². The molecule has 10 nitrogen and oxygen atoms in total. The largest absolute Gasteiger partial charge is 0.508 e. The molecule has 5 N–H and O–H groups in total. The van der Waals surface area contributed by atoms with Crippen molar-refractivity contribution in [3.8, 4) is 39.9 Å². The molecule has 3 heterocycles. The number of aromatic hydroxyl groups is 2. The Hall–Kier alpha value is -5.71. The molecule has 2 atom stereocenters. The van der Waals surface area contributed by atoms with E-state index in [4.69, 9.17) is 19.2 Å². The molecule has 55 heavy (non-hydrogen) atoms. The third-order valence-electron chi connectivity index (χ3n) is 10.3. The predicted molar refractivity (Wildman–Crippen MR) is 215 cm³/mol. The number of aliphatic hydroxyl groups is 1. The van der Waals surface area contributed by atoms with Gasteiger partial charge >= 0.3 is 5.78 Å². The third-order valence-corrected chi connectivity index (χ3v) is 10.3. The summed E-state index contributed by atoms with van der Waals surface area (Å²) in [6, 6.07) is 27.0. The number of hydrogen-bond acceptors (Lipinski definition) is 8. The van der Waals surface area contributed by atoms with E-state index in [0.29, 0.717) is 29.7 Å². The van der Waals surface area contributed by atoms with Gasteiger partial charge in [-0.05, 0) is 85.4 Å². The van der Waals surface area contributed by atoms with Gasteiger partial charge in [-0.1, -0.05) is 103 Å². The van der Waals surface area contributed by atoms with E-state index in [1.807, 2.05) is 36.4 Å². The summed E-state index contributed by atoms with van der Waals surface area (Å²) in [5.74, 6) is 1.58. The van der Waals surface area contributed by atoms with Crippen LogP contribution in [0.25, 0.3) is 17.2 Å². The maximum absolute atomic E-state index is 11.9. The smallest absolute Gasteiger partial charge is 0.335 e. The maximum Gasteiger partial charge on any atom is 0.335 e. The molecule has 5 aromatic rings. The highest BCUT2D eigenvalue weighted by atomic mass is 16.5. The van der Waals surface area contributed by atoms with E-state index < -0.39 is 12.2 Å². The van der Waals surface area contributed by atoms with Crippen LogP contribution in [-0.4, -0.2) is 71.9 Å². The van der Waals surface area contributed by atoms with Gasteiger partial charge in [-0.15, -0.1) is 0 Å². The van der Waals surface area contributed by atoms with Crippen LogP contribution in [0.2, 0.25) is 0 Å². The number of aryl methyl sites for hydroxylation is 2. The lowest BCUT2D eigenvalue weighted by molar-refractivity contribution is 0.172. The number of phenolic OH excluding ortho intramolecular Hbond substituents is 2. The Kier molecular flexibility index (Phi) is 11.7. The number of nitrogens with one attached hydrogen (secondary N) is 1. The number of fused-ring (bicyclic) bond motifs is 1. The second kappa shape index (κ2) is 17.2. The molecule has 0 spiro atoms. The summed E-state index contributed by atoms with van der Waals surface area (Å²) in [6.45, 7) is 5.85. The minimum absolute atomic E-state index is 0.0243. The molecule has 0 aliphatic carbocycles.